The van der Waals surface area contributed by atoms with Crippen LogP contribution in [0.2, 0.25) is 0 Å². The Kier molecular flexibility index (Phi) is 11.1. The average molecular weight is 557 g/mol. The van der Waals surface area contributed by atoms with Crippen molar-refractivity contribution in [2.75, 3.05) is 11.5 Å². The molecule has 5 atom stereocenters. The normalized spacial score (nSPS) is 30.2. The van der Waals surface area contributed by atoms with Crippen molar-refractivity contribution in [1.82, 2.24) is 20.9 Å². The number of hydrogen-bond acceptors (Lipinski definition) is 10. The van der Waals surface area contributed by atoms with Crippen LogP contribution in [0.4, 0.5) is 0 Å². The van der Waals surface area contributed by atoms with Crippen LogP contribution >= 0.6 is 32.9 Å². The minimum Gasteiger partial charge on any atom is -0.457 e. The van der Waals surface area contributed by atoms with Gasteiger partial charge >= 0.3 is 5.97 Å². The number of thiazole rings is 1. The second-order valence-corrected chi connectivity index (χ2v) is 12.3. The Bertz CT molecular complexity index is 942. The lowest BCUT2D eigenvalue weighted by Crippen LogP contribution is -2.57. The largest absolute Gasteiger partial charge is 0.457 e. The maximum atomic E-state index is 13.3. The lowest BCUT2D eigenvalue weighted by atomic mass is 9.96. The summed E-state index contributed by atoms with van der Waals surface area (Å²) in [5.41, 5.74) is 2.28. The number of ether oxygens (including phenoxy) is 1. The molecule has 1 fully saturated rings. The van der Waals surface area contributed by atoms with Gasteiger partial charge in [-0.2, -0.15) is 0 Å². The first-order valence-corrected chi connectivity index (χ1v) is 15.2. The number of aliphatic hydroxyl groups is 1. The van der Waals surface area contributed by atoms with Gasteiger partial charge in [0.15, 0.2) is 0 Å². The number of nitrogens with zero attached hydrogens (tertiary/aromatic N) is 1. The number of aromatic nitrogens is 1. The van der Waals surface area contributed by atoms with Crippen LogP contribution < -0.4 is 16.0 Å². The number of nitrogens with one attached hydrogen (secondary N) is 3. The van der Waals surface area contributed by atoms with Crippen LogP contribution in [0.5, 0.6) is 0 Å². The van der Waals surface area contributed by atoms with Crippen molar-refractivity contribution in [1.29, 1.82) is 0 Å². The predicted octanol–water partition coefficient (Wildman–Crippen LogP) is 1.20. The molecule has 13 heteroatoms. The first-order valence-electron chi connectivity index (χ1n) is 11.8. The Morgan fingerprint density at radius 1 is 1.11 bits per heavy atom. The van der Waals surface area contributed by atoms with Crippen LogP contribution in [0.25, 0.3) is 0 Å². The maximum absolute atomic E-state index is 13.3. The highest BCUT2D eigenvalue weighted by molar-refractivity contribution is 8.76. The van der Waals surface area contributed by atoms with E-state index in [9.17, 15) is 24.3 Å². The number of carbonyl (C=O) groups is 4. The van der Waals surface area contributed by atoms with Gasteiger partial charge in [0.25, 0.3) is 0 Å². The van der Waals surface area contributed by atoms with Crippen LogP contribution in [0, 0.1) is 5.92 Å². The third-order valence-corrected chi connectivity index (χ3v) is 8.66. The summed E-state index contributed by atoms with van der Waals surface area (Å²) in [6.07, 6.45) is 1.41. The van der Waals surface area contributed by atoms with Crippen molar-refractivity contribution in [3.63, 3.8) is 0 Å². The van der Waals surface area contributed by atoms with Gasteiger partial charge in [0.2, 0.25) is 17.7 Å². The molecule has 3 amide bonds. The Morgan fingerprint density at radius 3 is 2.64 bits per heavy atom. The van der Waals surface area contributed by atoms with Gasteiger partial charge in [-0.1, -0.05) is 41.5 Å². The summed E-state index contributed by atoms with van der Waals surface area (Å²) in [5, 5.41) is 20.8. The molecule has 198 valence electrons. The Balaban J connectivity index is 1.95. The molecule has 36 heavy (non-hydrogen) atoms. The first kappa shape index (κ1) is 28.5. The molecule has 10 nitrogen and oxygen atoms in total. The van der Waals surface area contributed by atoms with E-state index in [4.69, 9.17) is 4.74 Å². The molecule has 1 aromatic heterocycles. The maximum Gasteiger partial charge on any atom is 0.309 e. The Morgan fingerprint density at radius 2 is 1.92 bits per heavy atom. The second kappa shape index (κ2) is 14.0. The summed E-state index contributed by atoms with van der Waals surface area (Å²) in [6, 6.07) is -2.24. The fraction of sp³-hybridized carbons (Fsp3) is 0.609. The van der Waals surface area contributed by atoms with E-state index in [0.29, 0.717) is 17.2 Å². The van der Waals surface area contributed by atoms with E-state index in [2.05, 4.69) is 20.9 Å². The summed E-state index contributed by atoms with van der Waals surface area (Å²) in [6.45, 7) is 3.82. The van der Waals surface area contributed by atoms with Crippen LogP contribution in [-0.4, -0.2) is 75.6 Å². The molecule has 0 aliphatic carbocycles. The topological polar surface area (TPSA) is 147 Å². The highest BCUT2D eigenvalue weighted by Gasteiger charge is 2.31. The second-order valence-electron chi connectivity index (χ2n) is 9.05. The quantitative estimate of drug-likeness (QED) is 0.245. The molecule has 0 saturated carbocycles. The summed E-state index contributed by atoms with van der Waals surface area (Å²) >= 11 is 1.38. The fourth-order valence-electron chi connectivity index (χ4n) is 3.77. The van der Waals surface area contributed by atoms with E-state index >= 15 is 0 Å². The van der Waals surface area contributed by atoms with Gasteiger partial charge in [-0.3, -0.25) is 19.2 Å². The van der Waals surface area contributed by atoms with Gasteiger partial charge in [0, 0.05) is 29.3 Å². The molecule has 0 radical (unpaired) electrons. The average Bonchev–Trinajstić information content (AvgIpc) is 3.31. The summed E-state index contributed by atoms with van der Waals surface area (Å²) in [4.78, 5) is 56.2. The monoisotopic (exact) mass is 556 g/mol. The van der Waals surface area contributed by atoms with Crippen molar-refractivity contribution in [3.05, 3.63) is 28.7 Å². The van der Waals surface area contributed by atoms with E-state index in [0.717, 1.165) is 0 Å². The highest BCUT2D eigenvalue weighted by Crippen LogP contribution is 2.23. The third kappa shape index (κ3) is 9.09. The number of amides is 3. The number of hydrogen-bond donors (Lipinski definition) is 4. The molecule has 0 spiro atoms. The van der Waals surface area contributed by atoms with Gasteiger partial charge in [-0.15, -0.1) is 11.3 Å². The molecule has 3 aliphatic heterocycles. The van der Waals surface area contributed by atoms with E-state index in [-0.39, 0.29) is 31.6 Å². The lowest BCUT2D eigenvalue weighted by Gasteiger charge is -2.29. The van der Waals surface area contributed by atoms with E-state index in [1.165, 1.54) is 32.9 Å². The molecule has 3 aliphatic rings. The minimum atomic E-state index is -1.04. The van der Waals surface area contributed by atoms with Gasteiger partial charge in [-0.25, -0.2) is 4.98 Å². The van der Waals surface area contributed by atoms with Gasteiger partial charge in [-0.05, 0) is 18.4 Å². The molecule has 4 heterocycles. The molecule has 1 aromatic rings. The molecule has 0 aromatic carbocycles. The van der Waals surface area contributed by atoms with E-state index in [1.54, 1.807) is 23.0 Å². The van der Waals surface area contributed by atoms with Crippen molar-refractivity contribution >= 4 is 56.6 Å². The number of aliphatic hydroxyl groups excluding tert-OH is 1. The zero-order chi connectivity index (χ0) is 26.1. The first-order chi connectivity index (χ1) is 17.2. The Labute approximate surface area is 222 Å². The smallest absolute Gasteiger partial charge is 0.309 e. The van der Waals surface area contributed by atoms with Crippen LogP contribution in [0.3, 0.4) is 0 Å². The molecule has 4 N–H and O–H groups in total. The van der Waals surface area contributed by atoms with Gasteiger partial charge in [0.05, 0.1) is 30.2 Å². The Hall–Kier alpha value is -2.09. The predicted molar refractivity (Wildman–Crippen MR) is 140 cm³/mol. The third-order valence-electron chi connectivity index (χ3n) is 5.74. The molecular formula is C23H32N4O6S3. The number of esters is 1. The fourth-order valence-corrected chi connectivity index (χ4v) is 6.32. The van der Waals surface area contributed by atoms with Crippen molar-refractivity contribution < 1.29 is 29.0 Å². The zero-order valence-corrected chi connectivity index (χ0v) is 22.6. The SMILES string of the molecule is CC(C)[C@H]1C[C@@H](O)CC(=O)O[C@@H]2/C=C/CSSC[C@@H](NC(=O)[C@H](Cc3cscn3)NC(=O)C2)C(=O)N1. The molecule has 4 rings (SSSR count). The van der Waals surface area contributed by atoms with E-state index in [1.807, 2.05) is 13.8 Å². The molecular weight excluding hydrogens is 524 g/mol. The van der Waals surface area contributed by atoms with Crippen LogP contribution in [-0.2, 0) is 30.3 Å². The van der Waals surface area contributed by atoms with Gasteiger partial charge in [0.1, 0.15) is 18.2 Å². The standard InChI is InChI=1S/C23H32N4O6S3/c1-13(2)17-7-15(28)8-21(30)33-16-4-3-5-35-36-11-19(23(32)26-17)27-22(31)18(25-20(29)9-16)6-14-10-34-12-24-14/h3-4,10,12-13,15-19,28H,5-9,11H2,1-2H3,(H,25,29)(H,26,32)(H,27,31)/b4-3+/t15-,16-,17-,18+,19-/m1/s1. The van der Waals surface area contributed by atoms with E-state index < -0.39 is 54.0 Å². The summed E-state index contributed by atoms with van der Waals surface area (Å²) < 4.78 is 5.51. The molecule has 1 saturated heterocycles. The number of fused-ring (bicyclic) bond motifs is 16. The van der Waals surface area contributed by atoms with Crippen molar-refractivity contribution in [2.24, 2.45) is 5.92 Å². The van der Waals surface area contributed by atoms with Crippen LogP contribution in [0.1, 0.15) is 38.8 Å². The molecule has 0 unspecified atom stereocenters. The van der Waals surface area contributed by atoms with Crippen molar-refractivity contribution in [3.8, 4) is 0 Å². The highest BCUT2D eigenvalue weighted by atomic mass is 33.1. The van der Waals surface area contributed by atoms with Gasteiger partial charge < -0.3 is 25.8 Å². The summed E-state index contributed by atoms with van der Waals surface area (Å²) in [7, 11) is 2.92. The molecule has 2 bridgehead atoms. The zero-order valence-electron chi connectivity index (χ0n) is 20.2. The lowest BCUT2D eigenvalue weighted by molar-refractivity contribution is -0.150. The van der Waals surface area contributed by atoms with Crippen LogP contribution in [0.15, 0.2) is 23.0 Å². The number of carbonyl (C=O) groups excluding carboxylic acids is 4. The summed E-state index contributed by atoms with van der Waals surface area (Å²) in [5.74, 6) is -1.20. The van der Waals surface area contributed by atoms with Crippen molar-refractivity contribution in [2.45, 2.75) is 69.9 Å². The minimum absolute atomic E-state index is 0.0249. The number of rotatable bonds is 3.